The van der Waals surface area contributed by atoms with Crippen LogP contribution in [0.25, 0.3) is 0 Å². The molecule has 78 valence electrons. The van der Waals surface area contributed by atoms with Crippen molar-refractivity contribution in [3.05, 3.63) is 23.8 Å². The summed E-state index contributed by atoms with van der Waals surface area (Å²) in [6.07, 6.45) is 3.42. The molecule has 0 spiro atoms. The summed E-state index contributed by atoms with van der Waals surface area (Å²) >= 11 is 3.82. The lowest BCUT2D eigenvalue weighted by molar-refractivity contribution is 1.12. The van der Waals surface area contributed by atoms with Gasteiger partial charge in [-0.05, 0) is 54.9 Å². The molecule has 0 amide bonds. The number of anilines is 1. The Morgan fingerprint density at radius 3 is 2.71 bits per heavy atom. The van der Waals surface area contributed by atoms with Crippen molar-refractivity contribution in [1.29, 1.82) is 0 Å². The van der Waals surface area contributed by atoms with Crippen molar-refractivity contribution in [3.8, 4) is 0 Å². The van der Waals surface area contributed by atoms with Gasteiger partial charge in [0.1, 0.15) is 0 Å². The third-order valence-corrected chi connectivity index (χ3v) is 3.78. The first-order valence-corrected chi connectivity index (χ1v) is 7.10. The molecule has 0 aromatic heterocycles. The lowest BCUT2D eigenvalue weighted by atomic mass is 10.2. The van der Waals surface area contributed by atoms with E-state index in [0.29, 0.717) is 0 Å². The minimum absolute atomic E-state index is 0.887. The largest absolute Gasteiger partial charge is 0.399 e. The fourth-order valence-electron chi connectivity index (χ4n) is 1.13. The Kier molecular flexibility index (Phi) is 5.26. The number of rotatable bonds is 5. The molecule has 0 saturated carbocycles. The number of benzene rings is 1. The molecule has 1 rings (SSSR count). The van der Waals surface area contributed by atoms with E-state index in [-0.39, 0.29) is 0 Å². The van der Waals surface area contributed by atoms with Gasteiger partial charge in [-0.1, -0.05) is 0 Å². The summed E-state index contributed by atoms with van der Waals surface area (Å²) in [6, 6.07) is 6.26. The molecule has 0 fully saturated rings. The first-order valence-electron chi connectivity index (χ1n) is 4.72. The van der Waals surface area contributed by atoms with Crippen LogP contribution in [0, 0.1) is 6.92 Å². The monoisotopic (exact) mass is 227 g/mol. The van der Waals surface area contributed by atoms with Gasteiger partial charge in [0.15, 0.2) is 0 Å². The summed E-state index contributed by atoms with van der Waals surface area (Å²) in [5.41, 5.74) is 7.82. The van der Waals surface area contributed by atoms with Gasteiger partial charge in [0.2, 0.25) is 0 Å². The van der Waals surface area contributed by atoms with Gasteiger partial charge in [-0.2, -0.15) is 11.8 Å². The Bertz CT molecular complexity index is 287. The fraction of sp³-hybridized carbons (Fsp3) is 0.455. The minimum Gasteiger partial charge on any atom is -0.399 e. The Labute approximate surface area is 94.8 Å². The number of thioether (sulfide) groups is 2. The van der Waals surface area contributed by atoms with Crippen LogP contribution in [-0.2, 0) is 0 Å². The molecular weight excluding hydrogens is 210 g/mol. The van der Waals surface area contributed by atoms with E-state index < -0.39 is 0 Å². The van der Waals surface area contributed by atoms with Gasteiger partial charge < -0.3 is 5.73 Å². The predicted octanol–water partition coefficient (Wildman–Crippen LogP) is 3.42. The molecule has 0 aliphatic heterocycles. The average molecular weight is 227 g/mol. The van der Waals surface area contributed by atoms with E-state index in [9.17, 15) is 0 Å². The minimum atomic E-state index is 0.887. The van der Waals surface area contributed by atoms with Crippen molar-refractivity contribution in [1.82, 2.24) is 0 Å². The molecule has 14 heavy (non-hydrogen) atoms. The highest BCUT2D eigenvalue weighted by Crippen LogP contribution is 2.23. The second-order valence-electron chi connectivity index (χ2n) is 3.21. The zero-order valence-corrected chi connectivity index (χ0v) is 10.4. The van der Waals surface area contributed by atoms with Crippen molar-refractivity contribution in [2.45, 2.75) is 18.2 Å². The zero-order valence-electron chi connectivity index (χ0n) is 8.75. The molecule has 1 aromatic rings. The molecule has 2 N–H and O–H groups in total. The van der Waals surface area contributed by atoms with Gasteiger partial charge in [0, 0.05) is 10.6 Å². The van der Waals surface area contributed by atoms with E-state index in [1.165, 1.54) is 28.4 Å². The van der Waals surface area contributed by atoms with Gasteiger partial charge in [-0.15, -0.1) is 11.8 Å². The van der Waals surface area contributed by atoms with Gasteiger partial charge in [0.05, 0.1) is 0 Å². The number of hydrogen-bond acceptors (Lipinski definition) is 3. The second-order valence-corrected chi connectivity index (χ2v) is 5.37. The van der Waals surface area contributed by atoms with Gasteiger partial charge in [0.25, 0.3) is 0 Å². The SMILES string of the molecule is CSCCCSc1ccc(N)c(C)c1. The molecule has 1 nitrogen and oxygen atoms in total. The van der Waals surface area contributed by atoms with Crippen molar-refractivity contribution in [2.24, 2.45) is 0 Å². The highest BCUT2D eigenvalue weighted by Gasteiger charge is 1.97. The van der Waals surface area contributed by atoms with Crippen molar-refractivity contribution in [3.63, 3.8) is 0 Å². The second kappa shape index (κ2) is 6.25. The maximum absolute atomic E-state index is 5.75. The third-order valence-electron chi connectivity index (χ3n) is 2.00. The van der Waals surface area contributed by atoms with E-state index in [4.69, 9.17) is 5.73 Å². The molecule has 0 aliphatic carbocycles. The smallest absolute Gasteiger partial charge is 0.0344 e. The van der Waals surface area contributed by atoms with Crippen LogP contribution in [0.5, 0.6) is 0 Å². The summed E-state index contributed by atoms with van der Waals surface area (Å²) in [7, 11) is 0. The molecule has 0 unspecified atom stereocenters. The summed E-state index contributed by atoms with van der Waals surface area (Å²) in [4.78, 5) is 1.33. The quantitative estimate of drug-likeness (QED) is 0.474. The van der Waals surface area contributed by atoms with Crippen LogP contribution < -0.4 is 5.73 Å². The van der Waals surface area contributed by atoms with E-state index >= 15 is 0 Å². The van der Waals surface area contributed by atoms with Crippen LogP contribution in [-0.4, -0.2) is 17.8 Å². The number of nitrogens with two attached hydrogens (primary N) is 1. The summed E-state index contributed by atoms with van der Waals surface area (Å²) < 4.78 is 0. The average Bonchev–Trinajstić information content (AvgIpc) is 2.18. The van der Waals surface area contributed by atoms with Crippen LogP contribution in [0.3, 0.4) is 0 Å². The normalized spacial score (nSPS) is 10.4. The van der Waals surface area contributed by atoms with Crippen LogP contribution in [0.4, 0.5) is 5.69 Å². The highest BCUT2D eigenvalue weighted by atomic mass is 32.2. The molecule has 1 aromatic carbocycles. The number of nitrogen functional groups attached to an aromatic ring is 1. The van der Waals surface area contributed by atoms with Gasteiger partial charge in [-0.25, -0.2) is 0 Å². The van der Waals surface area contributed by atoms with E-state index in [1.807, 2.05) is 29.6 Å². The summed E-state index contributed by atoms with van der Waals surface area (Å²) in [6.45, 7) is 2.06. The fourth-order valence-corrected chi connectivity index (χ4v) is 2.70. The van der Waals surface area contributed by atoms with Crippen LogP contribution in [0.15, 0.2) is 23.1 Å². The van der Waals surface area contributed by atoms with Gasteiger partial charge in [-0.3, -0.25) is 0 Å². The van der Waals surface area contributed by atoms with Crippen molar-refractivity contribution < 1.29 is 0 Å². The van der Waals surface area contributed by atoms with E-state index in [1.54, 1.807) is 0 Å². The van der Waals surface area contributed by atoms with Crippen LogP contribution >= 0.6 is 23.5 Å². The third kappa shape index (κ3) is 3.84. The first kappa shape index (κ1) is 11.8. The molecule has 3 heteroatoms. The van der Waals surface area contributed by atoms with Crippen LogP contribution in [0.1, 0.15) is 12.0 Å². The molecule has 0 atom stereocenters. The Morgan fingerprint density at radius 2 is 2.07 bits per heavy atom. The lowest BCUT2D eigenvalue weighted by Crippen LogP contribution is -1.89. The molecule has 0 saturated heterocycles. The predicted molar refractivity (Wildman–Crippen MR) is 69.3 cm³/mol. The molecule has 0 radical (unpaired) electrons. The Morgan fingerprint density at radius 1 is 1.29 bits per heavy atom. The molecule has 0 heterocycles. The maximum Gasteiger partial charge on any atom is 0.0344 e. The highest BCUT2D eigenvalue weighted by molar-refractivity contribution is 7.99. The first-order chi connectivity index (χ1) is 6.74. The van der Waals surface area contributed by atoms with E-state index in [2.05, 4.69) is 25.3 Å². The Balaban J connectivity index is 2.39. The van der Waals surface area contributed by atoms with Gasteiger partial charge >= 0.3 is 0 Å². The molecular formula is C11H17NS2. The molecule has 0 aliphatic rings. The topological polar surface area (TPSA) is 26.0 Å². The molecule has 0 bridgehead atoms. The van der Waals surface area contributed by atoms with Crippen molar-refractivity contribution >= 4 is 29.2 Å². The maximum atomic E-state index is 5.75. The van der Waals surface area contributed by atoms with E-state index in [0.717, 1.165) is 5.69 Å². The lowest BCUT2D eigenvalue weighted by Gasteiger charge is -2.04. The summed E-state index contributed by atoms with van der Waals surface area (Å²) in [5, 5.41) is 0. The van der Waals surface area contributed by atoms with Crippen LogP contribution in [0.2, 0.25) is 0 Å². The number of aryl methyl sites for hydroxylation is 1. The Hall–Kier alpha value is -0.280. The zero-order chi connectivity index (χ0) is 10.4. The van der Waals surface area contributed by atoms with Crippen molar-refractivity contribution in [2.75, 3.05) is 23.5 Å². The summed E-state index contributed by atoms with van der Waals surface area (Å²) in [5.74, 6) is 2.45. The number of hydrogen-bond donors (Lipinski definition) is 1. The standard InChI is InChI=1S/C11H17NS2/c1-9-8-10(4-5-11(9)12)14-7-3-6-13-2/h4-5,8H,3,6-7,12H2,1-2H3.